The maximum Gasteiger partial charge on any atom is 0.0583 e. The molecule has 3 heteroatoms. The minimum Gasteiger partial charge on any atom is -0.393 e. The number of nitrogens with one attached hydrogen (secondary N) is 1. The van der Waals surface area contributed by atoms with Crippen LogP contribution in [-0.4, -0.2) is 49.3 Å². The van der Waals surface area contributed by atoms with E-state index in [1.807, 2.05) is 7.05 Å². The van der Waals surface area contributed by atoms with Gasteiger partial charge in [0.05, 0.1) is 6.10 Å². The number of rotatable bonds is 5. The molecule has 0 aromatic rings. The lowest BCUT2D eigenvalue weighted by atomic mass is 9.87. The molecule has 17 heavy (non-hydrogen) atoms. The van der Waals surface area contributed by atoms with Crippen molar-refractivity contribution in [1.29, 1.82) is 0 Å². The van der Waals surface area contributed by atoms with Gasteiger partial charge >= 0.3 is 0 Å². The van der Waals surface area contributed by atoms with Crippen LogP contribution in [0.1, 0.15) is 33.1 Å². The van der Waals surface area contributed by atoms with Gasteiger partial charge in [-0.3, -0.25) is 0 Å². The number of hydrogen-bond acceptors (Lipinski definition) is 3. The summed E-state index contributed by atoms with van der Waals surface area (Å²) in [6.07, 6.45) is 3.45. The summed E-state index contributed by atoms with van der Waals surface area (Å²) in [5.74, 6) is 1.33. The molecule has 0 bridgehead atoms. The van der Waals surface area contributed by atoms with E-state index in [0.29, 0.717) is 11.3 Å². The van der Waals surface area contributed by atoms with Crippen molar-refractivity contribution in [2.75, 3.05) is 33.2 Å². The lowest BCUT2D eigenvalue weighted by Crippen LogP contribution is -2.41. The van der Waals surface area contributed by atoms with Crippen LogP contribution >= 0.6 is 0 Å². The Morgan fingerprint density at radius 3 is 2.71 bits per heavy atom. The van der Waals surface area contributed by atoms with E-state index in [-0.39, 0.29) is 6.10 Å². The van der Waals surface area contributed by atoms with Crippen LogP contribution in [0, 0.1) is 17.3 Å². The van der Waals surface area contributed by atoms with Gasteiger partial charge in [0, 0.05) is 32.1 Å². The Morgan fingerprint density at radius 2 is 2.12 bits per heavy atom. The third-order valence-electron chi connectivity index (χ3n) is 4.96. The van der Waals surface area contributed by atoms with Crippen LogP contribution in [0.2, 0.25) is 0 Å². The number of hydrogen-bond donors (Lipinski definition) is 2. The molecule has 1 aliphatic heterocycles. The standard InChI is InChI=1S/C14H28N2O/c1-4-14(2,9-15-3)10-16-7-11-5-6-13(17)12(11)8-16/h11-13,15,17H,4-10H2,1-3H3. The molecule has 1 heterocycles. The first-order valence-corrected chi connectivity index (χ1v) is 7.13. The van der Waals surface area contributed by atoms with Gasteiger partial charge in [0.2, 0.25) is 0 Å². The van der Waals surface area contributed by atoms with Crippen molar-refractivity contribution < 1.29 is 5.11 Å². The van der Waals surface area contributed by atoms with Crippen molar-refractivity contribution >= 4 is 0 Å². The number of aliphatic hydroxyl groups excluding tert-OH is 1. The number of nitrogens with zero attached hydrogens (tertiary/aromatic N) is 1. The molecule has 2 fully saturated rings. The van der Waals surface area contributed by atoms with Gasteiger partial charge in [-0.15, -0.1) is 0 Å². The molecule has 0 aromatic heterocycles. The summed E-state index contributed by atoms with van der Waals surface area (Å²) in [4.78, 5) is 2.58. The molecule has 2 N–H and O–H groups in total. The zero-order chi connectivity index (χ0) is 12.5. The van der Waals surface area contributed by atoms with Gasteiger partial charge in [-0.25, -0.2) is 0 Å². The van der Waals surface area contributed by atoms with E-state index in [2.05, 4.69) is 24.1 Å². The van der Waals surface area contributed by atoms with Gasteiger partial charge in [0.15, 0.2) is 0 Å². The average molecular weight is 240 g/mol. The topological polar surface area (TPSA) is 35.5 Å². The quantitative estimate of drug-likeness (QED) is 0.761. The Kier molecular flexibility index (Phi) is 4.11. The smallest absolute Gasteiger partial charge is 0.0583 e. The van der Waals surface area contributed by atoms with Gasteiger partial charge in [-0.2, -0.15) is 0 Å². The first-order chi connectivity index (χ1) is 8.08. The van der Waals surface area contributed by atoms with E-state index in [1.54, 1.807) is 0 Å². The Hall–Kier alpha value is -0.120. The van der Waals surface area contributed by atoms with E-state index in [4.69, 9.17) is 0 Å². The van der Waals surface area contributed by atoms with Crippen molar-refractivity contribution in [2.45, 2.75) is 39.2 Å². The number of aliphatic hydroxyl groups is 1. The molecule has 1 saturated carbocycles. The van der Waals surface area contributed by atoms with Gasteiger partial charge in [-0.05, 0) is 37.6 Å². The maximum atomic E-state index is 9.94. The normalized spacial score (nSPS) is 37.1. The molecule has 1 saturated heterocycles. The van der Waals surface area contributed by atoms with Crippen molar-refractivity contribution in [3.63, 3.8) is 0 Å². The van der Waals surface area contributed by atoms with Crippen LogP contribution < -0.4 is 5.32 Å². The van der Waals surface area contributed by atoms with Crippen molar-refractivity contribution in [1.82, 2.24) is 10.2 Å². The Morgan fingerprint density at radius 1 is 1.35 bits per heavy atom. The van der Waals surface area contributed by atoms with E-state index in [1.165, 1.54) is 25.9 Å². The summed E-state index contributed by atoms with van der Waals surface area (Å²) < 4.78 is 0. The molecular weight excluding hydrogens is 212 g/mol. The molecule has 1 aliphatic carbocycles. The highest BCUT2D eigenvalue weighted by Gasteiger charge is 2.42. The maximum absolute atomic E-state index is 9.94. The van der Waals surface area contributed by atoms with Crippen molar-refractivity contribution in [2.24, 2.45) is 17.3 Å². The van der Waals surface area contributed by atoms with Gasteiger partial charge in [-0.1, -0.05) is 13.8 Å². The molecule has 3 nitrogen and oxygen atoms in total. The predicted octanol–water partition coefficient (Wildman–Crippen LogP) is 1.32. The van der Waals surface area contributed by atoms with E-state index in [9.17, 15) is 5.11 Å². The fraction of sp³-hybridized carbons (Fsp3) is 1.00. The van der Waals surface area contributed by atoms with Crippen LogP contribution in [0.4, 0.5) is 0 Å². The van der Waals surface area contributed by atoms with E-state index < -0.39 is 0 Å². The predicted molar refractivity (Wildman–Crippen MR) is 71.0 cm³/mol. The zero-order valence-corrected chi connectivity index (χ0v) is 11.6. The summed E-state index contributed by atoms with van der Waals surface area (Å²) in [5, 5.41) is 13.3. The fourth-order valence-electron chi connectivity index (χ4n) is 3.72. The molecule has 2 aliphatic rings. The monoisotopic (exact) mass is 240 g/mol. The molecule has 100 valence electrons. The molecule has 0 aromatic carbocycles. The summed E-state index contributed by atoms with van der Waals surface area (Å²) >= 11 is 0. The SMILES string of the molecule is CCC(C)(CNC)CN1CC2CCC(O)C2C1. The third-order valence-corrected chi connectivity index (χ3v) is 4.96. The molecule has 4 atom stereocenters. The summed E-state index contributed by atoms with van der Waals surface area (Å²) in [6.45, 7) is 9.23. The summed E-state index contributed by atoms with van der Waals surface area (Å²) in [5.41, 5.74) is 0.373. The molecule has 0 spiro atoms. The third kappa shape index (κ3) is 2.83. The highest BCUT2D eigenvalue weighted by molar-refractivity contribution is 4.95. The van der Waals surface area contributed by atoms with Gasteiger partial charge in [0.1, 0.15) is 0 Å². The van der Waals surface area contributed by atoms with Crippen molar-refractivity contribution in [3.05, 3.63) is 0 Å². The summed E-state index contributed by atoms with van der Waals surface area (Å²) in [6, 6.07) is 0. The molecule has 2 rings (SSSR count). The Bertz CT molecular complexity index is 259. The Labute approximate surface area is 106 Å². The number of fused-ring (bicyclic) bond motifs is 1. The fourth-order valence-corrected chi connectivity index (χ4v) is 3.72. The highest BCUT2D eigenvalue weighted by atomic mass is 16.3. The minimum atomic E-state index is -0.0258. The number of likely N-dealkylation sites (tertiary alicyclic amines) is 1. The second-order valence-electron chi connectivity index (χ2n) is 6.46. The lowest BCUT2D eigenvalue weighted by Gasteiger charge is -2.33. The lowest BCUT2D eigenvalue weighted by molar-refractivity contribution is 0.114. The van der Waals surface area contributed by atoms with Crippen LogP contribution in [0.5, 0.6) is 0 Å². The molecule has 4 unspecified atom stereocenters. The van der Waals surface area contributed by atoms with Crippen LogP contribution in [-0.2, 0) is 0 Å². The molecule has 0 radical (unpaired) electrons. The highest BCUT2D eigenvalue weighted by Crippen LogP contribution is 2.39. The first-order valence-electron chi connectivity index (χ1n) is 7.13. The van der Waals surface area contributed by atoms with Crippen LogP contribution in [0.3, 0.4) is 0 Å². The summed E-state index contributed by atoms with van der Waals surface area (Å²) in [7, 11) is 2.04. The molecular formula is C14H28N2O. The largest absolute Gasteiger partial charge is 0.393 e. The van der Waals surface area contributed by atoms with Crippen LogP contribution in [0.25, 0.3) is 0 Å². The van der Waals surface area contributed by atoms with Gasteiger partial charge < -0.3 is 15.3 Å². The first kappa shape index (κ1) is 13.3. The second kappa shape index (κ2) is 5.25. The average Bonchev–Trinajstić information content (AvgIpc) is 2.82. The zero-order valence-electron chi connectivity index (χ0n) is 11.6. The van der Waals surface area contributed by atoms with Gasteiger partial charge in [0.25, 0.3) is 0 Å². The minimum absolute atomic E-state index is 0.0258. The Balaban J connectivity index is 1.89. The van der Waals surface area contributed by atoms with Crippen molar-refractivity contribution in [3.8, 4) is 0 Å². The second-order valence-corrected chi connectivity index (χ2v) is 6.46. The van der Waals surface area contributed by atoms with E-state index in [0.717, 1.165) is 25.4 Å². The van der Waals surface area contributed by atoms with Crippen LogP contribution in [0.15, 0.2) is 0 Å². The molecule has 0 amide bonds. The van der Waals surface area contributed by atoms with E-state index >= 15 is 0 Å².